The Morgan fingerprint density at radius 3 is 2.67 bits per heavy atom. The first kappa shape index (κ1) is 21.7. The molecule has 8 heteroatoms. The first-order valence-corrected chi connectivity index (χ1v) is 9.85. The van der Waals surface area contributed by atoms with Crippen molar-refractivity contribution in [2.24, 2.45) is 13.0 Å². The molecule has 7 nitrogen and oxygen atoms in total. The van der Waals surface area contributed by atoms with Crippen molar-refractivity contribution in [2.45, 2.75) is 56.9 Å². The first-order valence-electron chi connectivity index (χ1n) is 9.85. The molecule has 2 amide bonds. The van der Waals surface area contributed by atoms with Crippen LogP contribution in [0.1, 0.15) is 56.9 Å². The van der Waals surface area contributed by atoms with E-state index in [-0.39, 0.29) is 36.1 Å². The fraction of sp³-hybridized carbons (Fsp3) is 0.737. The highest BCUT2D eigenvalue weighted by molar-refractivity contribution is 5.92. The normalized spacial score (nSPS) is 24.1. The van der Waals surface area contributed by atoms with Crippen LogP contribution in [0.15, 0.2) is 12.4 Å². The van der Waals surface area contributed by atoms with E-state index < -0.39 is 5.54 Å². The summed E-state index contributed by atoms with van der Waals surface area (Å²) < 4.78 is 1.77. The van der Waals surface area contributed by atoms with Gasteiger partial charge in [-0.2, -0.15) is 5.10 Å². The smallest absolute Gasteiger partial charge is 0.245 e. The Hall–Kier alpha value is -1.60. The number of halogens is 1. The summed E-state index contributed by atoms with van der Waals surface area (Å²) in [5.41, 5.74) is 0.331. The van der Waals surface area contributed by atoms with Crippen LogP contribution in [0.5, 0.6) is 0 Å². The summed E-state index contributed by atoms with van der Waals surface area (Å²) >= 11 is 0. The number of hydrogen-bond donors (Lipinski definition) is 3. The van der Waals surface area contributed by atoms with E-state index in [4.69, 9.17) is 0 Å². The van der Waals surface area contributed by atoms with E-state index in [0.29, 0.717) is 13.1 Å². The van der Waals surface area contributed by atoms with E-state index >= 15 is 0 Å². The molecule has 0 unspecified atom stereocenters. The standard InChI is InChI=1S/C19H31N5O2.ClH/c1-3-9-21-18(26)19(7-5-4-6-8-19)23-17(25)16-12-20-11-15(16)14-10-22-24(2)13-14;/h10,13,15-16,20H,3-9,11-12H2,1-2H3,(H,21,26)(H,23,25);1H/t15-,16+;/m1./s1. The molecule has 0 bridgehead atoms. The van der Waals surface area contributed by atoms with E-state index in [1.165, 1.54) is 0 Å². The van der Waals surface area contributed by atoms with Gasteiger partial charge in [-0.15, -0.1) is 12.4 Å². The van der Waals surface area contributed by atoms with Gasteiger partial charge in [-0.1, -0.05) is 26.2 Å². The Bertz CT molecular complexity index is 642. The van der Waals surface area contributed by atoms with Crippen molar-refractivity contribution in [1.29, 1.82) is 0 Å². The Balaban J connectivity index is 0.00000261. The van der Waals surface area contributed by atoms with Crippen LogP contribution < -0.4 is 16.0 Å². The van der Waals surface area contributed by atoms with E-state index in [9.17, 15) is 9.59 Å². The molecule has 1 saturated heterocycles. The largest absolute Gasteiger partial charge is 0.354 e. The SMILES string of the molecule is CCCNC(=O)C1(NC(=O)[C@H]2CNC[C@@H]2c2cnn(C)c2)CCCCC1.Cl. The van der Waals surface area contributed by atoms with Gasteiger partial charge in [-0.3, -0.25) is 14.3 Å². The van der Waals surface area contributed by atoms with E-state index in [1.807, 2.05) is 26.4 Å². The Labute approximate surface area is 167 Å². The van der Waals surface area contributed by atoms with Crippen molar-refractivity contribution in [2.75, 3.05) is 19.6 Å². The topological polar surface area (TPSA) is 88.1 Å². The molecule has 27 heavy (non-hydrogen) atoms. The molecule has 2 fully saturated rings. The molecule has 1 aliphatic heterocycles. The number of nitrogens with one attached hydrogen (secondary N) is 3. The average molecular weight is 398 g/mol. The van der Waals surface area contributed by atoms with Gasteiger partial charge in [-0.25, -0.2) is 0 Å². The van der Waals surface area contributed by atoms with Crippen molar-refractivity contribution in [3.63, 3.8) is 0 Å². The number of amides is 2. The van der Waals surface area contributed by atoms with Crippen LogP contribution in [0.25, 0.3) is 0 Å². The first-order chi connectivity index (χ1) is 12.6. The molecule has 1 aromatic heterocycles. The van der Waals surface area contributed by atoms with Gasteiger partial charge in [0.25, 0.3) is 0 Å². The van der Waals surface area contributed by atoms with Crippen molar-refractivity contribution in [3.8, 4) is 0 Å². The zero-order valence-electron chi connectivity index (χ0n) is 16.3. The predicted octanol–water partition coefficient (Wildman–Crippen LogP) is 1.49. The molecule has 1 saturated carbocycles. The van der Waals surface area contributed by atoms with Crippen LogP contribution in [-0.2, 0) is 16.6 Å². The third-order valence-corrected chi connectivity index (χ3v) is 5.74. The van der Waals surface area contributed by atoms with Gasteiger partial charge in [0.15, 0.2) is 0 Å². The Morgan fingerprint density at radius 1 is 1.30 bits per heavy atom. The number of aryl methyl sites for hydroxylation is 1. The maximum Gasteiger partial charge on any atom is 0.245 e. The minimum absolute atomic E-state index is 0. The number of nitrogens with zero attached hydrogens (tertiary/aromatic N) is 2. The number of carbonyl (C=O) groups excluding carboxylic acids is 2. The van der Waals surface area contributed by atoms with Gasteiger partial charge >= 0.3 is 0 Å². The zero-order valence-corrected chi connectivity index (χ0v) is 17.1. The highest BCUT2D eigenvalue weighted by Gasteiger charge is 2.44. The highest BCUT2D eigenvalue weighted by Crippen LogP contribution is 2.32. The molecule has 1 aromatic rings. The lowest BCUT2D eigenvalue weighted by atomic mass is 9.79. The van der Waals surface area contributed by atoms with E-state index in [2.05, 4.69) is 21.0 Å². The molecule has 0 radical (unpaired) electrons. The molecule has 2 aliphatic rings. The lowest BCUT2D eigenvalue weighted by Crippen LogP contribution is -2.61. The van der Waals surface area contributed by atoms with Crippen LogP contribution in [0.3, 0.4) is 0 Å². The van der Waals surface area contributed by atoms with Gasteiger partial charge in [0, 0.05) is 38.8 Å². The highest BCUT2D eigenvalue weighted by atomic mass is 35.5. The van der Waals surface area contributed by atoms with Crippen molar-refractivity contribution in [1.82, 2.24) is 25.7 Å². The lowest BCUT2D eigenvalue weighted by molar-refractivity contribution is -0.136. The van der Waals surface area contributed by atoms with Gasteiger partial charge in [-0.05, 0) is 24.8 Å². The third-order valence-electron chi connectivity index (χ3n) is 5.74. The molecule has 3 rings (SSSR count). The molecule has 0 aromatic carbocycles. The lowest BCUT2D eigenvalue weighted by Gasteiger charge is -2.37. The maximum atomic E-state index is 13.1. The van der Waals surface area contributed by atoms with Crippen LogP contribution >= 0.6 is 12.4 Å². The number of aromatic nitrogens is 2. The molecule has 2 heterocycles. The molecular weight excluding hydrogens is 366 g/mol. The van der Waals surface area contributed by atoms with Crippen molar-refractivity contribution in [3.05, 3.63) is 18.0 Å². The van der Waals surface area contributed by atoms with Gasteiger partial charge in [0.1, 0.15) is 5.54 Å². The second-order valence-electron chi connectivity index (χ2n) is 7.71. The summed E-state index contributed by atoms with van der Waals surface area (Å²) in [6.07, 6.45) is 9.25. The monoisotopic (exact) mass is 397 g/mol. The summed E-state index contributed by atoms with van der Waals surface area (Å²) in [5, 5.41) is 13.7. The average Bonchev–Trinajstić information content (AvgIpc) is 3.29. The summed E-state index contributed by atoms with van der Waals surface area (Å²) in [7, 11) is 1.88. The fourth-order valence-corrected chi connectivity index (χ4v) is 4.24. The number of carbonyl (C=O) groups is 2. The summed E-state index contributed by atoms with van der Waals surface area (Å²) in [5.74, 6) is -0.103. The summed E-state index contributed by atoms with van der Waals surface area (Å²) in [4.78, 5) is 26.0. The second-order valence-corrected chi connectivity index (χ2v) is 7.71. The third kappa shape index (κ3) is 4.82. The van der Waals surface area contributed by atoms with E-state index in [0.717, 1.165) is 50.6 Å². The number of hydrogen-bond acceptors (Lipinski definition) is 4. The van der Waals surface area contributed by atoms with Crippen LogP contribution in [0.4, 0.5) is 0 Å². The van der Waals surface area contributed by atoms with Crippen LogP contribution in [-0.4, -0.2) is 46.8 Å². The Kier molecular flexibility index (Phi) is 7.68. The van der Waals surface area contributed by atoms with Crippen LogP contribution in [0.2, 0.25) is 0 Å². The minimum atomic E-state index is -0.743. The van der Waals surface area contributed by atoms with Crippen LogP contribution in [0, 0.1) is 5.92 Å². The predicted molar refractivity (Wildman–Crippen MR) is 107 cm³/mol. The zero-order chi connectivity index (χ0) is 18.6. The molecule has 0 spiro atoms. The summed E-state index contributed by atoms with van der Waals surface area (Å²) in [6.45, 7) is 4.09. The molecule has 1 aliphatic carbocycles. The fourth-order valence-electron chi connectivity index (χ4n) is 4.24. The van der Waals surface area contributed by atoms with Gasteiger partial charge in [0.05, 0.1) is 12.1 Å². The van der Waals surface area contributed by atoms with Crippen molar-refractivity contribution >= 4 is 24.2 Å². The minimum Gasteiger partial charge on any atom is -0.354 e. The molecule has 152 valence electrons. The van der Waals surface area contributed by atoms with E-state index in [1.54, 1.807) is 4.68 Å². The Morgan fingerprint density at radius 2 is 2.04 bits per heavy atom. The number of rotatable bonds is 6. The summed E-state index contributed by atoms with van der Waals surface area (Å²) in [6, 6.07) is 0. The maximum absolute atomic E-state index is 13.1. The molecular formula is C19H32ClN5O2. The molecule has 2 atom stereocenters. The van der Waals surface area contributed by atoms with Crippen molar-refractivity contribution < 1.29 is 9.59 Å². The molecule has 3 N–H and O–H groups in total. The van der Waals surface area contributed by atoms with Gasteiger partial charge < -0.3 is 16.0 Å². The van der Waals surface area contributed by atoms with Gasteiger partial charge in [0.2, 0.25) is 11.8 Å². The quantitative estimate of drug-likeness (QED) is 0.678. The second kappa shape index (κ2) is 9.55.